The van der Waals surface area contributed by atoms with Crippen LogP contribution in [0.15, 0.2) is 60.7 Å². The fraction of sp³-hybridized carbons (Fsp3) is 0.261. The topological polar surface area (TPSA) is 28.5 Å². The van der Waals surface area contributed by atoms with Crippen LogP contribution in [0.2, 0.25) is 5.02 Å². The van der Waals surface area contributed by atoms with Crippen LogP contribution in [0.1, 0.15) is 21.7 Å². The van der Waals surface area contributed by atoms with E-state index in [1.807, 2.05) is 47.4 Å². The van der Waals surface area contributed by atoms with E-state index in [0.717, 1.165) is 35.1 Å². The van der Waals surface area contributed by atoms with E-state index in [2.05, 4.69) is 41.5 Å². The predicted molar refractivity (Wildman–Crippen MR) is 115 cm³/mol. The van der Waals surface area contributed by atoms with Crippen molar-refractivity contribution in [2.24, 2.45) is 0 Å². The molecule has 0 bridgehead atoms. The molecule has 4 rings (SSSR count). The fourth-order valence-electron chi connectivity index (χ4n) is 3.85. The number of carbonyl (C=O) groups excluding carboxylic acids is 1. The van der Waals surface area contributed by atoms with Gasteiger partial charge in [0.15, 0.2) is 0 Å². The van der Waals surface area contributed by atoms with Gasteiger partial charge in [-0.2, -0.15) is 0 Å². The zero-order valence-corrected chi connectivity index (χ0v) is 17.0. The standard InChI is InChI=1S/C23H24ClN3O/c1-17-6-7-18(2)27(17)21-10-8-19(9-11-21)23(28)26-14-12-25(13-15-26)22-5-3-4-20(24)16-22/h3-11,16H,12-15H2,1-2H3. The van der Waals surface area contributed by atoms with E-state index in [4.69, 9.17) is 11.6 Å². The monoisotopic (exact) mass is 393 g/mol. The Morgan fingerprint density at radius 1 is 0.821 bits per heavy atom. The fourth-order valence-corrected chi connectivity index (χ4v) is 4.04. The van der Waals surface area contributed by atoms with E-state index in [1.54, 1.807) is 0 Å². The van der Waals surface area contributed by atoms with Crippen LogP contribution in [0.5, 0.6) is 0 Å². The van der Waals surface area contributed by atoms with Crippen molar-refractivity contribution in [2.75, 3.05) is 31.1 Å². The molecule has 28 heavy (non-hydrogen) atoms. The minimum Gasteiger partial charge on any atom is -0.368 e. The number of aryl methyl sites for hydroxylation is 2. The first-order valence-electron chi connectivity index (χ1n) is 9.58. The van der Waals surface area contributed by atoms with Gasteiger partial charge in [-0.1, -0.05) is 17.7 Å². The molecule has 0 aliphatic carbocycles. The van der Waals surface area contributed by atoms with Gasteiger partial charge in [-0.25, -0.2) is 0 Å². The molecular formula is C23H24ClN3O. The van der Waals surface area contributed by atoms with Crippen molar-refractivity contribution in [3.63, 3.8) is 0 Å². The van der Waals surface area contributed by atoms with Crippen molar-refractivity contribution in [3.8, 4) is 5.69 Å². The van der Waals surface area contributed by atoms with Crippen molar-refractivity contribution in [3.05, 3.63) is 82.6 Å². The minimum atomic E-state index is 0.0956. The number of anilines is 1. The highest BCUT2D eigenvalue weighted by molar-refractivity contribution is 6.30. The molecule has 0 saturated carbocycles. The minimum absolute atomic E-state index is 0.0956. The largest absolute Gasteiger partial charge is 0.368 e. The highest BCUT2D eigenvalue weighted by Gasteiger charge is 2.22. The zero-order chi connectivity index (χ0) is 19.7. The van der Waals surface area contributed by atoms with Crippen LogP contribution in [0.4, 0.5) is 5.69 Å². The van der Waals surface area contributed by atoms with E-state index < -0.39 is 0 Å². The second-order valence-corrected chi connectivity index (χ2v) is 7.69. The molecule has 1 aliphatic heterocycles. The molecule has 0 unspecified atom stereocenters. The summed E-state index contributed by atoms with van der Waals surface area (Å²) in [6.45, 7) is 7.22. The van der Waals surface area contributed by atoms with Gasteiger partial charge in [-0.3, -0.25) is 4.79 Å². The Bertz CT molecular complexity index is 966. The lowest BCUT2D eigenvalue weighted by molar-refractivity contribution is 0.0747. The van der Waals surface area contributed by atoms with Crippen molar-refractivity contribution >= 4 is 23.2 Å². The van der Waals surface area contributed by atoms with Gasteiger partial charge < -0.3 is 14.4 Å². The van der Waals surface area contributed by atoms with Gasteiger partial charge in [0.05, 0.1) is 0 Å². The molecule has 1 amide bonds. The first-order valence-corrected chi connectivity index (χ1v) is 9.96. The second-order valence-electron chi connectivity index (χ2n) is 7.26. The molecule has 2 heterocycles. The molecule has 2 aromatic carbocycles. The molecule has 1 aromatic heterocycles. The summed E-state index contributed by atoms with van der Waals surface area (Å²) < 4.78 is 2.19. The van der Waals surface area contributed by atoms with Crippen LogP contribution in [-0.2, 0) is 0 Å². The Hall–Kier alpha value is -2.72. The summed E-state index contributed by atoms with van der Waals surface area (Å²) in [4.78, 5) is 17.1. The number of nitrogens with zero attached hydrogens (tertiary/aromatic N) is 3. The lowest BCUT2D eigenvalue weighted by Crippen LogP contribution is -2.48. The number of aromatic nitrogens is 1. The molecular weight excluding hydrogens is 370 g/mol. The van der Waals surface area contributed by atoms with Crippen molar-refractivity contribution in [1.82, 2.24) is 9.47 Å². The van der Waals surface area contributed by atoms with E-state index in [-0.39, 0.29) is 5.91 Å². The maximum atomic E-state index is 12.9. The average molecular weight is 394 g/mol. The van der Waals surface area contributed by atoms with Gasteiger partial charge in [0.1, 0.15) is 0 Å². The smallest absolute Gasteiger partial charge is 0.253 e. The molecule has 0 atom stereocenters. The summed E-state index contributed by atoms with van der Waals surface area (Å²) in [6.07, 6.45) is 0. The Morgan fingerprint density at radius 2 is 1.46 bits per heavy atom. The van der Waals surface area contributed by atoms with Crippen LogP contribution in [0.3, 0.4) is 0 Å². The highest BCUT2D eigenvalue weighted by Crippen LogP contribution is 2.22. The summed E-state index contributed by atoms with van der Waals surface area (Å²) in [5.41, 5.74) is 5.31. The SMILES string of the molecule is Cc1ccc(C)n1-c1ccc(C(=O)N2CCN(c3cccc(Cl)c3)CC2)cc1. The van der Waals surface area contributed by atoms with Crippen molar-refractivity contribution < 1.29 is 4.79 Å². The predicted octanol–water partition coefficient (Wildman–Crippen LogP) is 4.71. The summed E-state index contributed by atoms with van der Waals surface area (Å²) in [5, 5.41) is 0.740. The third kappa shape index (κ3) is 3.65. The molecule has 0 radical (unpaired) electrons. The quantitative estimate of drug-likeness (QED) is 0.644. The van der Waals surface area contributed by atoms with Gasteiger partial charge in [-0.05, 0) is 68.4 Å². The second kappa shape index (κ2) is 7.72. The number of benzene rings is 2. The first-order chi connectivity index (χ1) is 13.5. The normalized spacial score (nSPS) is 14.4. The Kier molecular flexibility index (Phi) is 5.14. The number of amides is 1. The Balaban J connectivity index is 1.43. The van der Waals surface area contributed by atoms with E-state index in [1.165, 1.54) is 11.4 Å². The maximum Gasteiger partial charge on any atom is 0.253 e. The number of piperazine rings is 1. The zero-order valence-electron chi connectivity index (χ0n) is 16.2. The maximum absolute atomic E-state index is 12.9. The van der Waals surface area contributed by atoms with Gasteiger partial charge in [0, 0.05) is 59.5 Å². The van der Waals surface area contributed by atoms with Crippen LogP contribution >= 0.6 is 11.6 Å². The summed E-state index contributed by atoms with van der Waals surface area (Å²) in [7, 11) is 0. The van der Waals surface area contributed by atoms with E-state index in [0.29, 0.717) is 13.1 Å². The third-order valence-electron chi connectivity index (χ3n) is 5.38. The third-order valence-corrected chi connectivity index (χ3v) is 5.62. The molecule has 1 aliphatic rings. The molecule has 1 saturated heterocycles. The van der Waals surface area contributed by atoms with E-state index >= 15 is 0 Å². The van der Waals surface area contributed by atoms with Crippen LogP contribution < -0.4 is 4.90 Å². The highest BCUT2D eigenvalue weighted by atomic mass is 35.5. The molecule has 5 heteroatoms. The Labute approximate surface area is 170 Å². The van der Waals surface area contributed by atoms with Crippen LogP contribution in [0.25, 0.3) is 5.69 Å². The van der Waals surface area contributed by atoms with Gasteiger partial charge >= 0.3 is 0 Å². The summed E-state index contributed by atoms with van der Waals surface area (Å²) >= 11 is 6.10. The van der Waals surface area contributed by atoms with Crippen LogP contribution in [0, 0.1) is 13.8 Å². The van der Waals surface area contributed by atoms with Gasteiger partial charge in [-0.15, -0.1) is 0 Å². The average Bonchev–Trinajstić information content (AvgIpc) is 3.06. The first kappa shape index (κ1) is 18.6. The van der Waals surface area contributed by atoms with Crippen LogP contribution in [-0.4, -0.2) is 41.6 Å². The summed E-state index contributed by atoms with van der Waals surface area (Å²) in [5.74, 6) is 0.0956. The Morgan fingerprint density at radius 3 is 2.07 bits per heavy atom. The molecule has 3 aromatic rings. The summed E-state index contributed by atoms with van der Waals surface area (Å²) in [6, 6.07) is 20.0. The number of carbonyl (C=O) groups is 1. The number of halogens is 1. The van der Waals surface area contributed by atoms with Crippen molar-refractivity contribution in [1.29, 1.82) is 0 Å². The molecule has 4 nitrogen and oxygen atoms in total. The lowest BCUT2D eigenvalue weighted by Gasteiger charge is -2.36. The molecule has 144 valence electrons. The van der Waals surface area contributed by atoms with E-state index in [9.17, 15) is 4.79 Å². The number of hydrogen-bond acceptors (Lipinski definition) is 2. The molecule has 0 spiro atoms. The number of hydrogen-bond donors (Lipinski definition) is 0. The van der Waals surface area contributed by atoms with Gasteiger partial charge in [0.25, 0.3) is 5.91 Å². The number of rotatable bonds is 3. The molecule has 0 N–H and O–H groups in total. The lowest BCUT2D eigenvalue weighted by atomic mass is 10.1. The van der Waals surface area contributed by atoms with Crippen molar-refractivity contribution in [2.45, 2.75) is 13.8 Å². The van der Waals surface area contributed by atoms with Gasteiger partial charge in [0.2, 0.25) is 0 Å². The molecule has 1 fully saturated rings.